The standard InChI is InChI=1S/C22H37N3O2/c1-18(20-7-6-8-21(15-20)27-22(2,3)4)24-16-19-9-12-25(13-10-19)14-11-23-17-26-5/h6-8,15,19,23-24H,1,9-14,16-17H2,2-5H3. The minimum Gasteiger partial charge on any atom is -0.488 e. The zero-order chi connectivity index (χ0) is 19.7. The third-order valence-corrected chi connectivity index (χ3v) is 4.77. The molecule has 2 rings (SSSR count). The van der Waals surface area contributed by atoms with Crippen LogP contribution in [0, 0.1) is 5.92 Å². The Balaban J connectivity index is 1.71. The number of ether oxygens (including phenoxy) is 2. The maximum Gasteiger partial charge on any atom is 0.120 e. The van der Waals surface area contributed by atoms with Crippen LogP contribution < -0.4 is 15.4 Å². The minimum atomic E-state index is -0.194. The van der Waals surface area contributed by atoms with E-state index >= 15 is 0 Å². The minimum absolute atomic E-state index is 0.194. The van der Waals surface area contributed by atoms with Gasteiger partial charge in [-0.05, 0) is 64.8 Å². The van der Waals surface area contributed by atoms with E-state index < -0.39 is 0 Å². The molecule has 0 aliphatic carbocycles. The Labute approximate surface area is 165 Å². The van der Waals surface area contributed by atoms with Gasteiger partial charge in [-0.2, -0.15) is 0 Å². The number of methoxy groups -OCH3 is 1. The Bertz CT molecular complexity index is 575. The van der Waals surface area contributed by atoms with Gasteiger partial charge in [-0.1, -0.05) is 18.7 Å². The van der Waals surface area contributed by atoms with E-state index in [9.17, 15) is 0 Å². The van der Waals surface area contributed by atoms with E-state index in [1.807, 2.05) is 12.1 Å². The average molecular weight is 376 g/mol. The highest BCUT2D eigenvalue weighted by atomic mass is 16.5. The van der Waals surface area contributed by atoms with Crippen LogP contribution in [-0.2, 0) is 4.74 Å². The van der Waals surface area contributed by atoms with Gasteiger partial charge in [0.1, 0.15) is 11.4 Å². The highest BCUT2D eigenvalue weighted by Gasteiger charge is 2.19. The molecular formula is C22H37N3O2. The predicted octanol–water partition coefficient (Wildman–Crippen LogP) is 3.33. The Morgan fingerprint density at radius 1 is 1.26 bits per heavy atom. The molecule has 0 atom stereocenters. The quantitative estimate of drug-likeness (QED) is 0.485. The van der Waals surface area contributed by atoms with Crippen LogP contribution in [0.5, 0.6) is 5.75 Å². The fourth-order valence-electron chi connectivity index (χ4n) is 3.30. The highest BCUT2D eigenvalue weighted by molar-refractivity contribution is 5.62. The van der Waals surface area contributed by atoms with Crippen LogP contribution in [0.1, 0.15) is 39.2 Å². The van der Waals surface area contributed by atoms with E-state index in [0.717, 1.165) is 36.6 Å². The number of nitrogens with one attached hydrogen (secondary N) is 2. The largest absolute Gasteiger partial charge is 0.488 e. The molecule has 1 saturated heterocycles. The van der Waals surface area contributed by atoms with Crippen molar-refractivity contribution < 1.29 is 9.47 Å². The molecule has 0 bridgehead atoms. The van der Waals surface area contributed by atoms with E-state index in [2.05, 4.69) is 55.0 Å². The van der Waals surface area contributed by atoms with Gasteiger partial charge in [0.05, 0.1) is 6.73 Å². The first-order valence-electron chi connectivity index (χ1n) is 10.0. The van der Waals surface area contributed by atoms with Crippen molar-refractivity contribution in [3.63, 3.8) is 0 Å². The monoisotopic (exact) mass is 375 g/mol. The van der Waals surface area contributed by atoms with E-state index in [-0.39, 0.29) is 5.60 Å². The Morgan fingerprint density at radius 2 is 2.00 bits per heavy atom. The van der Waals surface area contributed by atoms with E-state index in [4.69, 9.17) is 9.47 Å². The maximum absolute atomic E-state index is 5.96. The van der Waals surface area contributed by atoms with Crippen LogP contribution in [0.4, 0.5) is 0 Å². The summed E-state index contributed by atoms with van der Waals surface area (Å²) in [6.07, 6.45) is 2.47. The molecular weight excluding hydrogens is 338 g/mol. The number of hydrogen-bond donors (Lipinski definition) is 2. The van der Waals surface area contributed by atoms with E-state index in [1.54, 1.807) is 7.11 Å². The lowest BCUT2D eigenvalue weighted by molar-refractivity contribution is 0.131. The molecule has 1 aliphatic rings. The Morgan fingerprint density at radius 3 is 2.67 bits per heavy atom. The molecule has 0 amide bonds. The first kappa shape index (κ1) is 21.7. The van der Waals surface area contributed by atoms with Gasteiger partial charge in [-0.25, -0.2) is 0 Å². The van der Waals surface area contributed by atoms with Crippen molar-refractivity contribution in [2.24, 2.45) is 5.92 Å². The Hall–Kier alpha value is -1.56. The third-order valence-electron chi connectivity index (χ3n) is 4.77. The van der Waals surface area contributed by atoms with Gasteiger partial charge >= 0.3 is 0 Å². The van der Waals surface area contributed by atoms with Crippen molar-refractivity contribution in [2.75, 3.05) is 46.6 Å². The lowest BCUT2D eigenvalue weighted by Crippen LogP contribution is -2.40. The van der Waals surface area contributed by atoms with Crippen molar-refractivity contribution in [1.29, 1.82) is 0 Å². The zero-order valence-electron chi connectivity index (χ0n) is 17.5. The molecule has 0 saturated carbocycles. The summed E-state index contributed by atoms with van der Waals surface area (Å²) in [6, 6.07) is 8.18. The van der Waals surface area contributed by atoms with Crippen LogP contribution in [0.3, 0.4) is 0 Å². The van der Waals surface area contributed by atoms with Crippen LogP contribution in [0.2, 0.25) is 0 Å². The van der Waals surface area contributed by atoms with Gasteiger partial charge in [0, 0.05) is 38.0 Å². The summed E-state index contributed by atoms with van der Waals surface area (Å²) < 4.78 is 11.0. The molecule has 2 N–H and O–H groups in total. The molecule has 152 valence electrons. The smallest absolute Gasteiger partial charge is 0.120 e. The van der Waals surface area contributed by atoms with Crippen LogP contribution in [0.15, 0.2) is 30.8 Å². The van der Waals surface area contributed by atoms with Crippen LogP contribution in [-0.4, -0.2) is 57.1 Å². The molecule has 1 aliphatic heterocycles. The second kappa shape index (κ2) is 10.7. The predicted molar refractivity (Wildman–Crippen MR) is 113 cm³/mol. The molecule has 1 fully saturated rings. The van der Waals surface area contributed by atoms with Gasteiger partial charge in [0.15, 0.2) is 0 Å². The fraction of sp³-hybridized carbons (Fsp3) is 0.636. The van der Waals surface area contributed by atoms with Crippen LogP contribution in [0.25, 0.3) is 5.70 Å². The molecule has 0 spiro atoms. The fourth-order valence-corrected chi connectivity index (χ4v) is 3.30. The number of nitrogens with zero attached hydrogens (tertiary/aromatic N) is 1. The van der Waals surface area contributed by atoms with Gasteiger partial charge in [-0.15, -0.1) is 0 Å². The molecule has 5 heteroatoms. The molecule has 1 aromatic rings. The van der Waals surface area contributed by atoms with Gasteiger partial charge in [-0.3, -0.25) is 5.32 Å². The average Bonchev–Trinajstić information content (AvgIpc) is 2.63. The van der Waals surface area contributed by atoms with Crippen molar-refractivity contribution in [3.8, 4) is 5.75 Å². The van der Waals surface area contributed by atoms with Crippen molar-refractivity contribution in [3.05, 3.63) is 36.4 Å². The zero-order valence-corrected chi connectivity index (χ0v) is 17.5. The number of benzene rings is 1. The Kier molecular flexibility index (Phi) is 8.61. The van der Waals surface area contributed by atoms with Crippen molar-refractivity contribution in [1.82, 2.24) is 15.5 Å². The molecule has 0 radical (unpaired) electrons. The van der Waals surface area contributed by atoms with Crippen molar-refractivity contribution in [2.45, 2.75) is 39.2 Å². The van der Waals surface area contributed by atoms with E-state index in [0.29, 0.717) is 12.6 Å². The molecule has 1 aromatic carbocycles. The summed E-state index contributed by atoms with van der Waals surface area (Å²) in [5.74, 6) is 1.59. The SMILES string of the molecule is C=C(NCC1CCN(CCNCOC)CC1)c1cccc(OC(C)(C)C)c1. The summed E-state index contributed by atoms with van der Waals surface area (Å²) in [5, 5.41) is 6.81. The van der Waals surface area contributed by atoms with E-state index in [1.165, 1.54) is 25.9 Å². The second-order valence-corrected chi connectivity index (χ2v) is 8.32. The second-order valence-electron chi connectivity index (χ2n) is 8.32. The number of likely N-dealkylation sites (tertiary alicyclic amines) is 1. The molecule has 5 nitrogen and oxygen atoms in total. The molecule has 0 unspecified atom stereocenters. The normalized spacial score (nSPS) is 16.3. The van der Waals surface area contributed by atoms with Gasteiger partial charge in [0.25, 0.3) is 0 Å². The van der Waals surface area contributed by atoms with Crippen molar-refractivity contribution >= 4 is 5.70 Å². The maximum atomic E-state index is 5.96. The van der Waals surface area contributed by atoms with Gasteiger partial charge < -0.3 is 19.7 Å². The summed E-state index contributed by atoms with van der Waals surface area (Å²) in [7, 11) is 1.72. The highest BCUT2D eigenvalue weighted by Crippen LogP contribution is 2.23. The molecule has 27 heavy (non-hydrogen) atoms. The lowest BCUT2D eigenvalue weighted by atomic mass is 9.96. The summed E-state index contributed by atoms with van der Waals surface area (Å²) in [6.45, 7) is 16.4. The first-order valence-corrected chi connectivity index (χ1v) is 10.0. The topological polar surface area (TPSA) is 45.8 Å². The van der Waals surface area contributed by atoms with Gasteiger partial charge in [0.2, 0.25) is 0 Å². The number of hydrogen-bond acceptors (Lipinski definition) is 5. The summed E-state index contributed by atoms with van der Waals surface area (Å²) in [5.41, 5.74) is 1.87. The third kappa shape index (κ3) is 8.33. The summed E-state index contributed by atoms with van der Waals surface area (Å²) >= 11 is 0. The first-order chi connectivity index (χ1) is 12.9. The molecule has 1 heterocycles. The van der Waals surface area contributed by atoms with Crippen LogP contribution >= 0.6 is 0 Å². The lowest BCUT2D eigenvalue weighted by Gasteiger charge is -2.32. The summed E-state index contributed by atoms with van der Waals surface area (Å²) in [4.78, 5) is 2.53. The molecule has 0 aromatic heterocycles. The number of rotatable bonds is 10. The number of piperidine rings is 1.